The Bertz CT molecular complexity index is 1140. The predicted molar refractivity (Wildman–Crippen MR) is 139 cm³/mol. The van der Waals surface area contributed by atoms with E-state index in [4.69, 9.17) is 4.74 Å². The highest BCUT2D eigenvalue weighted by Crippen LogP contribution is 2.31. The van der Waals surface area contributed by atoms with E-state index in [0.717, 1.165) is 14.6 Å². The van der Waals surface area contributed by atoms with Crippen molar-refractivity contribution in [3.05, 3.63) is 55.3 Å². The second-order valence-electron chi connectivity index (χ2n) is 6.63. The van der Waals surface area contributed by atoms with Crippen LogP contribution in [0.5, 0.6) is 0 Å². The summed E-state index contributed by atoms with van der Waals surface area (Å²) < 4.78 is 6.66. The van der Waals surface area contributed by atoms with Crippen molar-refractivity contribution in [2.45, 2.75) is 4.34 Å². The fourth-order valence-corrected chi connectivity index (χ4v) is 5.22. The topological polar surface area (TPSA) is 122 Å². The number of thioether (sulfide) groups is 2. The fourth-order valence-electron chi connectivity index (χ4n) is 2.57. The van der Waals surface area contributed by atoms with Gasteiger partial charge in [-0.05, 0) is 30.3 Å². The van der Waals surface area contributed by atoms with Crippen LogP contribution in [0, 0.1) is 0 Å². The summed E-state index contributed by atoms with van der Waals surface area (Å²) in [6.07, 6.45) is 2.63. The Morgan fingerprint density at radius 3 is 2.71 bits per heavy atom. The third-order valence-electron chi connectivity index (χ3n) is 3.98. The predicted octanol–water partition coefficient (Wildman–Crippen LogP) is 4.01. The molecule has 3 aromatic rings. The van der Waals surface area contributed by atoms with Crippen molar-refractivity contribution in [3.63, 3.8) is 0 Å². The van der Waals surface area contributed by atoms with Crippen molar-refractivity contribution in [2.24, 2.45) is 0 Å². The van der Waals surface area contributed by atoms with Crippen molar-refractivity contribution >= 4 is 74.5 Å². The minimum atomic E-state index is -0.475. The third-order valence-corrected chi connectivity index (χ3v) is 7.08. The first-order valence-corrected chi connectivity index (χ1v) is 13.1. The van der Waals surface area contributed by atoms with Gasteiger partial charge < -0.3 is 20.7 Å². The lowest BCUT2D eigenvalue weighted by Crippen LogP contribution is -2.26. The number of carbonyl (C=O) groups is 3. The van der Waals surface area contributed by atoms with Gasteiger partial charge in [-0.2, -0.15) is 0 Å². The summed E-state index contributed by atoms with van der Waals surface area (Å²) in [6.45, 7) is 4.12. The lowest BCUT2D eigenvalue weighted by Gasteiger charge is -2.06. The van der Waals surface area contributed by atoms with Gasteiger partial charge >= 0.3 is 6.09 Å². The van der Waals surface area contributed by atoms with Gasteiger partial charge in [-0.25, -0.2) is 14.8 Å². The minimum Gasteiger partial charge on any atom is -0.445 e. The summed E-state index contributed by atoms with van der Waals surface area (Å²) in [4.78, 5) is 44.2. The number of amides is 3. The molecule has 0 saturated carbocycles. The molecule has 1 aromatic carbocycles. The van der Waals surface area contributed by atoms with Gasteiger partial charge in [0.1, 0.15) is 12.4 Å². The summed E-state index contributed by atoms with van der Waals surface area (Å²) in [5.41, 5.74) is 1.51. The molecule has 3 amide bonds. The number of anilines is 2. The van der Waals surface area contributed by atoms with E-state index in [0.29, 0.717) is 23.8 Å². The molecule has 34 heavy (non-hydrogen) atoms. The van der Waals surface area contributed by atoms with Crippen LogP contribution in [0.1, 0.15) is 0 Å². The monoisotopic (exact) mass is 517 g/mol. The second kappa shape index (κ2) is 13.6. The van der Waals surface area contributed by atoms with Gasteiger partial charge in [0.15, 0.2) is 4.34 Å². The average Bonchev–Trinajstić information content (AvgIpc) is 3.23. The van der Waals surface area contributed by atoms with Crippen molar-refractivity contribution in [1.82, 2.24) is 15.3 Å². The number of pyridine rings is 1. The van der Waals surface area contributed by atoms with E-state index in [9.17, 15) is 14.4 Å². The van der Waals surface area contributed by atoms with Gasteiger partial charge in [-0.1, -0.05) is 30.5 Å². The standard InChI is InChI=1S/C22H23N5O4S3/c1-2-10-31-21(30)24-9-11-33-22-26-16-7-6-15(12-17(16)34-22)25-19(28)13-32-14-20(29)27-18-5-3-4-8-23-18/h2-8,12H,1,9-11,13-14H2,(H,24,30)(H,25,28)(H,23,27,29). The maximum absolute atomic E-state index is 12.2. The minimum absolute atomic E-state index is 0.152. The van der Waals surface area contributed by atoms with E-state index in [2.05, 4.69) is 32.5 Å². The quantitative estimate of drug-likeness (QED) is 0.187. The third kappa shape index (κ3) is 8.69. The molecule has 2 heterocycles. The van der Waals surface area contributed by atoms with Crippen molar-refractivity contribution < 1.29 is 19.1 Å². The highest BCUT2D eigenvalue weighted by molar-refractivity contribution is 8.01. The number of nitrogens with zero attached hydrogens (tertiary/aromatic N) is 2. The lowest BCUT2D eigenvalue weighted by molar-refractivity contribution is -0.114. The van der Waals surface area contributed by atoms with Crippen LogP contribution in [0.25, 0.3) is 10.2 Å². The summed E-state index contributed by atoms with van der Waals surface area (Å²) in [6, 6.07) is 10.8. The van der Waals surface area contributed by atoms with E-state index < -0.39 is 6.09 Å². The molecule has 0 radical (unpaired) electrons. The van der Waals surface area contributed by atoms with Crippen LogP contribution in [0.2, 0.25) is 0 Å². The molecule has 0 aliphatic carbocycles. The maximum atomic E-state index is 12.2. The number of rotatable bonds is 12. The normalized spacial score (nSPS) is 10.5. The first-order valence-electron chi connectivity index (χ1n) is 10.2. The van der Waals surface area contributed by atoms with Gasteiger partial charge in [-0.3, -0.25) is 9.59 Å². The zero-order valence-corrected chi connectivity index (χ0v) is 20.6. The molecule has 0 bridgehead atoms. The number of fused-ring (bicyclic) bond motifs is 1. The Morgan fingerprint density at radius 2 is 1.94 bits per heavy atom. The molecular weight excluding hydrogens is 494 g/mol. The number of nitrogens with one attached hydrogen (secondary N) is 3. The van der Waals surface area contributed by atoms with Crippen LogP contribution in [-0.4, -0.2) is 58.3 Å². The van der Waals surface area contributed by atoms with Crippen LogP contribution >= 0.6 is 34.9 Å². The SMILES string of the molecule is C=CCOC(=O)NCCSc1nc2ccc(NC(=O)CSCC(=O)Nc3ccccn3)cc2s1. The number of ether oxygens (including phenoxy) is 1. The molecular formula is C22H23N5O4S3. The number of hydrogen-bond donors (Lipinski definition) is 3. The first kappa shape index (κ1) is 25.5. The molecule has 12 heteroatoms. The van der Waals surface area contributed by atoms with E-state index >= 15 is 0 Å². The Morgan fingerprint density at radius 1 is 1.12 bits per heavy atom. The van der Waals surface area contributed by atoms with Crippen molar-refractivity contribution in [1.29, 1.82) is 0 Å². The number of hydrogen-bond acceptors (Lipinski definition) is 9. The van der Waals surface area contributed by atoms with E-state index in [1.807, 2.05) is 12.1 Å². The molecule has 0 unspecified atom stereocenters. The average molecular weight is 518 g/mol. The molecule has 0 aliphatic heterocycles. The molecule has 0 aliphatic rings. The van der Waals surface area contributed by atoms with E-state index in [-0.39, 0.29) is 29.9 Å². The molecule has 0 fully saturated rings. The van der Waals surface area contributed by atoms with Gasteiger partial charge in [0, 0.05) is 24.2 Å². The van der Waals surface area contributed by atoms with Crippen LogP contribution in [-0.2, 0) is 14.3 Å². The summed E-state index contributed by atoms with van der Waals surface area (Å²) in [5.74, 6) is 1.03. The van der Waals surface area contributed by atoms with Gasteiger partial charge in [0.2, 0.25) is 11.8 Å². The molecule has 9 nitrogen and oxygen atoms in total. The number of alkyl carbamates (subject to hydrolysis) is 1. The van der Waals surface area contributed by atoms with Gasteiger partial charge in [0.05, 0.1) is 21.7 Å². The van der Waals surface area contributed by atoms with Crippen molar-refractivity contribution in [2.75, 3.05) is 41.0 Å². The van der Waals surface area contributed by atoms with E-state index in [1.165, 1.54) is 40.9 Å². The smallest absolute Gasteiger partial charge is 0.407 e. The molecule has 3 N–H and O–H groups in total. The zero-order valence-electron chi connectivity index (χ0n) is 18.1. The molecule has 2 aromatic heterocycles. The Kier molecular flexibility index (Phi) is 10.2. The molecule has 3 rings (SSSR count). The number of thiazole rings is 1. The molecule has 0 spiro atoms. The van der Waals surface area contributed by atoms with Crippen LogP contribution in [0.3, 0.4) is 0 Å². The van der Waals surface area contributed by atoms with Crippen molar-refractivity contribution in [3.8, 4) is 0 Å². The van der Waals surface area contributed by atoms with Crippen LogP contribution < -0.4 is 16.0 Å². The largest absolute Gasteiger partial charge is 0.445 e. The summed E-state index contributed by atoms with van der Waals surface area (Å²) in [5, 5.41) is 8.18. The zero-order chi connectivity index (χ0) is 24.2. The maximum Gasteiger partial charge on any atom is 0.407 e. The number of carbonyl (C=O) groups excluding carboxylic acids is 3. The Balaban J connectivity index is 1.40. The number of aromatic nitrogens is 2. The Hall–Kier alpha value is -3.09. The first-order chi connectivity index (χ1) is 16.5. The van der Waals surface area contributed by atoms with Gasteiger partial charge in [0.25, 0.3) is 0 Å². The lowest BCUT2D eigenvalue weighted by atomic mass is 10.3. The molecule has 178 valence electrons. The fraction of sp³-hybridized carbons (Fsp3) is 0.227. The van der Waals surface area contributed by atoms with Crippen LogP contribution in [0.15, 0.2) is 59.6 Å². The summed E-state index contributed by atoms with van der Waals surface area (Å²) in [7, 11) is 0. The molecule has 0 atom stereocenters. The Labute approximate surface area is 209 Å². The summed E-state index contributed by atoms with van der Waals surface area (Å²) >= 11 is 4.27. The van der Waals surface area contributed by atoms with E-state index in [1.54, 1.807) is 30.5 Å². The highest BCUT2D eigenvalue weighted by atomic mass is 32.2. The molecule has 0 saturated heterocycles. The second-order valence-corrected chi connectivity index (χ2v) is 9.99. The highest BCUT2D eigenvalue weighted by Gasteiger charge is 2.10. The number of benzene rings is 1. The van der Waals surface area contributed by atoms with Gasteiger partial charge in [-0.15, -0.1) is 23.1 Å². The van der Waals surface area contributed by atoms with Crippen LogP contribution in [0.4, 0.5) is 16.3 Å².